The third-order valence-corrected chi connectivity index (χ3v) is 4.76. The monoisotopic (exact) mass is 421 g/mol. The molecule has 31 heavy (non-hydrogen) atoms. The number of carbonyl (C=O) groups excluding carboxylic acids is 1. The second kappa shape index (κ2) is 7.94. The minimum Gasteiger partial charge on any atom is -0.444 e. The van der Waals surface area contributed by atoms with Crippen molar-refractivity contribution in [1.29, 1.82) is 0 Å². The molecule has 0 aliphatic carbocycles. The van der Waals surface area contributed by atoms with Crippen molar-refractivity contribution in [2.75, 3.05) is 13.1 Å². The Morgan fingerprint density at radius 1 is 1.16 bits per heavy atom. The summed E-state index contributed by atoms with van der Waals surface area (Å²) < 4.78 is 20.5. The second-order valence-electron chi connectivity index (χ2n) is 8.43. The molecule has 7 nitrogen and oxygen atoms in total. The van der Waals surface area contributed by atoms with Crippen molar-refractivity contribution in [3.8, 4) is 22.8 Å². The highest BCUT2D eigenvalue weighted by Gasteiger charge is 2.27. The lowest BCUT2D eigenvalue weighted by Gasteiger charge is -2.24. The van der Waals surface area contributed by atoms with Gasteiger partial charge in [0.15, 0.2) is 5.82 Å². The van der Waals surface area contributed by atoms with E-state index in [1.165, 1.54) is 12.1 Å². The molecule has 0 fully saturated rings. The fourth-order valence-corrected chi connectivity index (χ4v) is 3.31. The Morgan fingerprint density at radius 2 is 1.90 bits per heavy atom. The number of benzene rings is 1. The normalized spacial score (nSPS) is 14.0. The molecule has 1 amide bonds. The van der Waals surface area contributed by atoms with E-state index in [-0.39, 0.29) is 11.9 Å². The van der Waals surface area contributed by atoms with E-state index in [1.54, 1.807) is 27.9 Å². The maximum atomic E-state index is 13.3. The van der Waals surface area contributed by atoms with Crippen LogP contribution in [0.4, 0.5) is 9.18 Å². The van der Waals surface area contributed by atoms with Gasteiger partial charge in [-0.25, -0.2) is 19.2 Å². The molecule has 4 rings (SSSR count). The first-order valence-corrected chi connectivity index (χ1v) is 10.00. The Hall–Kier alpha value is -3.55. The predicted octanol–water partition coefficient (Wildman–Crippen LogP) is 4.32. The first-order chi connectivity index (χ1) is 14.7. The van der Waals surface area contributed by atoms with Gasteiger partial charge in [-0.2, -0.15) is 5.10 Å². The molecule has 3 heterocycles. The first kappa shape index (κ1) is 20.7. The highest BCUT2D eigenvalue weighted by molar-refractivity contribution is 5.83. The van der Waals surface area contributed by atoms with Crippen LogP contribution in [0, 0.1) is 5.82 Å². The molecule has 0 radical (unpaired) electrons. The van der Waals surface area contributed by atoms with Gasteiger partial charge in [-0.1, -0.05) is 6.08 Å². The SMILES string of the molecule is Cn1ccc(-c2nc(-c3ccc(F)cc3)ncc2C2=CCN(C(=O)OC(C)(C)C)C2)n1. The highest BCUT2D eigenvalue weighted by Crippen LogP contribution is 2.31. The van der Waals surface area contributed by atoms with E-state index in [0.29, 0.717) is 35.9 Å². The Morgan fingerprint density at radius 3 is 2.55 bits per heavy atom. The van der Waals surface area contributed by atoms with Gasteiger partial charge < -0.3 is 9.64 Å². The molecular weight excluding hydrogens is 397 g/mol. The van der Waals surface area contributed by atoms with Crippen molar-refractivity contribution in [2.45, 2.75) is 26.4 Å². The van der Waals surface area contributed by atoms with Crippen LogP contribution < -0.4 is 0 Å². The van der Waals surface area contributed by atoms with Gasteiger partial charge in [0.2, 0.25) is 0 Å². The van der Waals surface area contributed by atoms with Gasteiger partial charge >= 0.3 is 6.09 Å². The molecule has 8 heteroatoms. The van der Waals surface area contributed by atoms with Crippen LogP contribution >= 0.6 is 0 Å². The van der Waals surface area contributed by atoms with Crippen molar-refractivity contribution in [1.82, 2.24) is 24.6 Å². The van der Waals surface area contributed by atoms with Gasteiger partial charge in [0, 0.05) is 43.7 Å². The van der Waals surface area contributed by atoms with Gasteiger partial charge in [-0.05, 0) is 56.7 Å². The van der Waals surface area contributed by atoms with Gasteiger partial charge in [-0.15, -0.1) is 0 Å². The van der Waals surface area contributed by atoms with Crippen LogP contribution in [-0.4, -0.2) is 49.4 Å². The molecule has 1 aromatic carbocycles. The molecule has 1 aliphatic heterocycles. The average Bonchev–Trinajstić information content (AvgIpc) is 3.36. The van der Waals surface area contributed by atoms with Crippen molar-refractivity contribution < 1.29 is 13.9 Å². The number of amides is 1. The summed E-state index contributed by atoms with van der Waals surface area (Å²) in [5.74, 6) is 0.163. The molecule has 1 aliphatic rings. The van der Waals surface area contributed by atoms with Crippen molar-refractivity contribution in [3.05, 3.63) is 60.2 Å². The quantitative estimate of drug-likeness (QED) is 0.630. The zero-order valence-corrected chi connectivity index (χ0v) is 18.0. The number of hydrogen-bond donors (Lipinski definition) is 0. The van der Waals surface area contributed by atoms with E-state index in [4.69, 9.17) is 9.72 Å². The molecule has 0 atom stereocenters. The van der Waals surface area contributed by atoms with Crippen LogP contribution in [0.5, 0.6) is 0 Å². The zero-order chi connectivity index (χ0) is 22.2. The van der Waals surface area contributed by atoms with Gasteiger partial charge in [-0.3, -0.25) is 4.68 Å². The van der Waals surface area contributed by atoms with E-state index >= 15 is 0 Å². The molecule has 0 bridgehead atoms. The van der Waals surface area contributed by atoms with Crippen molar-refractivity contribution in [3.63, 3.8) is 0 Å². The molecule has 0 spiro atoms. The van der Waals surface area contributed by atoms with Gasteiger partial charge in [0.25, 0.3) is 0 Å². The van der Waals surface area contributed by atoms with Crippen LogP contribution in [-0.2, 0) is 11.8 Å². The standard InChI is InChI=1S/C23H24FN5O2/c1-23(2,3)31-22(30)29-12-9-16(14-29)18-13-25-21(15-5-7-17(24)8-6-15)26-20(18)19-10-11-28(4)27-19/h5-11,13H,12,14H2,1-4H3. The maximum Gasteiger partial charge on any atom is 0.410 e. The van der Waals surface area contributed by atoms with Crippen LogP contribution in [0.1, 0.15) is 26.3 Å². The summed E-state index contributed by atoms with van der Waals surface area (Å²) in [6.07, 6.45) is 5.20. The number of hydrogen-bond acceptors (Lipinski definition) is 5. The van der Waals surface area contributed by atoms with Crippen LogP contribution in [0.15, 0.2) is 48.8 Å². The number of aromatic nitrogens is 4. The Balaban J connectivity index is 1.68. The first-order valence-electron chi connectivity index (χ1n) is 10.00. The summed E-state index contributed by atoms with van der Waals surface area (Å²) in [5.41, 5.74) is 3.24. The molecule has 0 unspecified atom stereocenters. The van der Waals surface area contributed by atoms with Crippen LogP contribution in [0.25, 0.3) is 28.3 Å². The van der Waals surface area contributed by atoms with Crippen molar-refractivity contribution >= 4 is 11.7 Å². The van der Waals surface area contributed by atoms with Gasteiger partial charge in [0.1, 0.15) is 22.8 Å². The average molecular weight is 421 g/mol. The summed E-state index contributed by atoms with van der Waals surface area (Å²) in [6.45, 7) is 6.38. The Kier molecular flexibility index (Phi) is 5.31. The summed E-state index contributed by atoms with van der Waals surface area (Å²) in [6, 6.07) is 7.93. The molecule has 0 N–H and O–H groups in total. The zero-order valence-electron chi connectivity index (χ0n) is 18.0. The number of aryl methyl sites for hydroxylation is 1. The number of halogens is 1. The van der Waals surface area contributed by atoms with E-state index in [1.807, 2.05) is 46.2 Å². The molecule has 160 valence electrons. The Bertz CT molecular complexity index is 1150. The third kappa shape index (κ3) is 4.63. The van der Waals surface area contributed by atoms with Crippen molar-refractivity contribution in [2.24, 2.45) is 7.05 Å². The van der Waals surface area contributed by atoms with E-state index in [2.05, 4.69) is 10.1 Å². The molecule has 0 saturated heterocycles. The molecule has 2 aromatic heterocycles. The van der Waals surface area contributed by atoms with Gasteiger partial charge in [0.05, 0.1) is 0 Å². The molecular formula is C23H24FN5O2. The largest absolute Gasteiger partial charge is 0.444 e. The van der Waals surface area contributed by atoms with Crippen LogP contribution in [0.3, 0.4) is 0 Å². The summed E-state index contributed by atoms with van der Waals surface area (Å²) in [7, 11) is 1.84. The van der Waals surface area contributed by atoms with E-state index in [9.17, 15) is 9.18 Å². The minimum atomic E-state index is -0.557. The molecule has 0 saturated carbocycles. The lowest BCUT2D eigenvalue weighted by atomic mass is 10.0. The minimum absolute atomic E-state index is 0.316. The summed E-state index contributed by atoms with van der Waals surface area (Å²) in [4.78, 5) is 23.3. The topological polar surface area (TPSA) is 73.1 Å². The summed E-state index contributed by atoms with van der Waals surface area (Å²) in [5, 5.41) is 4.50. The van der Waals surface area contributed by atoms with E-state index in [0.717, 1.165) is 11.1 Å². The van der Waals surface area contributed by atoms with E-state index < -0.39 is 5.60 Å². The number of ether oxygens (including phenoxy) is 1. The predicted molar refractivity (Wildman–Crippen MR) is 115 cm³/mol. The fourth-order valence-electron chi connectivity index (χ4n) is 3.31. The lowest BCUT2D eigenvalue weighted by molar-refractivity contribution is 0.0306. The number of carbonyl (C=O) groups is 1. The summed E-state index contributed by atoms with van der Waals surface area (Å²) >= 11 is 0. The smallest absolute Gasteiger partial charge is 0.410 e. The molecule has 3 aromatic rings. The second-order valence-corrected chi connectivity index (χ2v) is 8.43. The number of rotatable bonds is 3. The van der Waals surface area contributed by atoms with Crippen LogP contribution in [0.2, 0.25) is 0 Å². The Labute approximate surface area is 180 Å². The maximum absolute atomic E-state index is 13.3. The fraction of sp³-hybridized carbons (Fsp3) is 0.304. The highest BCUT2D eigenvalue weighted by atomic mass is 19.1. The lowest BCUT2D eigenvalue weighted by Crippen LogP contribution is -2.35. The number of nitrogens with zero attached hydrogens (tertiary/aromatic N) is 5. The third-order valence-electron chi connectivity index (χ3n) is 4.76.